The minimum Gasteiger partial charge on any atom is -0.369 e. The van der Waals surface area contributed by atoms with E-state index in [-0.39, 0.29) is 28.3 Å². The minimum atomic E-state index is -3.97. The number of nitrogens with zero attached hydrogens (tertiary/aromatic N) is 1. The summed E-state index contributed by atoms with van der Waals surface area (Å²) >= 11 is 0. The summed E-state index contributed by atoms with van der Waals surface area (Å²) in [5.41, 5.74) is 2.92. The lowest BCUT2D eigenvalue weighted by Gasteiger charge is -2.37. The summed E-state index contributed by atoms with van der Waals surface area (Å²) in [5, 5.41) is 2.97. The highest BCUT2D eigenvalue weighted by Crippen LogP contribution is 2.36. The third-order valence-corrected chi connectivity index (χ3v) is 9.04. The average Bonchev–Trinajstić information content (AvgIpc) is 2.99. The molecule has 0 radical (unpaired) electrons. The molecule has 1 aliphatic rings. The first-order chi connectivity index (χ1) is 19.9. The van der Waals surface area contributed by atoms with Gasteiger partial charge in [-0.05, 0) is 55.0 Å². The Morgan fingerprint density at radius 3 is 2.20 bits per heavy atom. The van der Waals surface area contributed by atoms with Crippen LogP contribution in [0.1, 0.15) is 31.2 Å². The molecule has 1 atom stereocenters. The summed E-state index contributed by atoms with van der Waals surface area (Å²) in [6.07, 6.45) is 1.47. The van der Waals surface area contributed by atoms with Crippen LogP contribution in [0.5, 0.6) is 0 Å². The van der Waals surface area contributed by atoms with E-state index in [1.54, 1.807) is 36.4 Å². The van der Waals surface area contributed by atoms with Crippen molar-refractivity contribution in [2.45, 2.75) is 30.6 Å². The van der Waals surface area contributed by atoms with Crippen LogP contribution < -0.4 is 14.9 Å². The van der Waals surface area contributed by atoms with Gasteiger partial charge in [-0.2, -0.15) is 0 Å². The molecule has 212 valence electrons. The van der Waals surface area contributed by atoms with Crippen molar-refractivity contribution in [2.24, 2.45) is 5.92 Å². The van der Waals surface area contributed by atoms with Crippen molar-refractivity contribution in [1.29, 1.82) is 0 Å². The Labute approximate surface area is 241 Å². The van der Waals surface area contributed by atoms with E-state index >= 15 is 4.39 Å². The SMILES string of the molecule is CCNC(=O)C(c1ccccc1)C1CCN(c2ccc(NS(=O)(=O)c3ccccc3-c3ccccc3)cc2F)CC1. The van der Waals surface area contributed by atoms with Gasteiger partial charge in [0, 0.05) is 31.3 Å². The number of hydrogen-bond acceptors (Lipinski definition) is 4. The number of rotatable bonds is 9. The van der Waals surface area contributed by atoms with Gasteiger partial charge in [0.05, 0.1) is 22.2 Å². The molecule has 41 heavy (non-hydrogen) atoms. The first-order valence-corrected chi connectivity index (χ1v) is 15.4. The molecule has 0 saturated carbocycles. The van der Waals surface area contributed by atoms with Crippen molar-refractivity contribution < 1.29 is 17.6 Å². The number of carbonyl (C=O) groups is 1. The number of piperidine rings is 1. The van der Waals surface area contributed by atoms with E-state index in [2.05, 4.69) is 10.0 Å². The van der Waals surface area contributed by atoms with Gasteiger partial charge < -0.3 is 10.2 Å². The van der Waals surface area contributed by atoms with Gasteiger partial charge in [-0.25, -0.2) is 12.8 Å². The van der Waals surface area contributed by atoms with Gasteiger partial charge in [0.2, 0.25) is 5.91 Å². The number of sulfonamides is 1. The van der Waals surface area contributed by atoms with E-state index < -0.39 is 15.8 Å². The molecule has 1 amide bonds. The van der Waals surface area contributed by atoms with Gasteiger partial charge in [-0.1, -0.05) is 78.9 Å². The van der Waals surface area contributed by atoms with Crippen LogP contribution in [0.2, 0.25) is 0 Å². The van der Waals surface area contributed by atoms with Gasteiger partial charge in [-0.15, -0.1) is 0 Å². The second-order valence-electron chi connectivity index (χ2n) is 10.2. The zero-order valence-corrected chi connectivity index (χ0v) is 23.8. The maximum Gasteiger partial charge on any atom is 0.262 e. The van der Waals surface area contributed by atoms with E-state index in [1.807, 2.05) is 72.5 Å². The largest absolute Gasteiger partial charge is 0.369 e. The second-order valence-corrected chi connectivity index (χ2v) is 11.9. The number of anilines is 2. The Balaban J connectivity index is 1.30. The summed E-state index contributed by atoms with van der Waals surface area (Å²) in [6.45, 7) is 3.68. The fourth-order valence-corrected chi connectivity index (χ4v) is 6.93. The molecule has 4 aromatic rings. The van der Waals surface area contributed by atoms with Crippen LogP contribution in [0.15, 0.2) is 108 Å². The lowest BCUT2D eigenvalue weighted by atomic mass is 9.79. The van der Waals surface area contributed by atoms with E-state index in [9.17, 15) is 13.2 Å². The Kier molecular flexibility index (Phi) is 8.69. The van der Waals surface area contributed by atoms with Crippen LogP contribution in [0.4, 0.5) is 15.8 Å². The number of benzene rings is 4. The maximum atomic E-state index is 15.4. The molecule has 4 aromatic carbocycles. The molecule has 0 aromatic heterocycles. The van der Waals surface area contributed by atoms with Crippen LogP contribution in [0.3, 0.4) is 0 Å². The fourth-order valence-electron chi connectivity index (χ4n) is 5.65. The molecule has 0 spiro atoms. The summed E-state index contributed by atoms with van der Waals surface area (Å²) in [7, 11) is -3.97. The van der Waals surface area contributed by atoms with Crippen LogP contribution in [-0.2, 0) is 14.8 Å². The fraction of sp³-hybridized carbons (Fsp3) is 0.242. The lowest BCUT2D eigenvalue weighted by molar-refractivity contribution is -0.123. The second kappa shape index (κ2) is 12.6. The van der Waals surface area contributed by atoms with Crippen LogP contribution in [-0.4, -0.2) is 34.0 Å². The predicted octanol–water partition coefficient (Wildman–Crippen LogP) is 6.43. The Morgan fingerprint density at radius 2 is 1.54 bits per heavy atom. The highest BCUT2D eigenvalue weighted by molar-refractivity contribution is 7.92. The van der Waals surface area contributed by atoms with E-state index in [1.165, 1.54) is 6.07 Å². The molecule has 5 rings (SSSR count). The molecule has 1 fully saturated rings. The number of halogens is 1. The van der Waals surface area contributed by atoms with Crippen molar-refractivity contribution >= 4 is 27.3 Å². The molecule has 1 heterocycles. The number of amides is 1. The average molecular weight is 572 g/mol. The summed E-state index contributed by atoms with van der Waals surface area (Å²) in [4.78, 5) is 15.1. The molecule has 6 nitrogen and oxygen atoms in total. The Bertz CT molecular complexity index is 1590. The third-order valence-electron chi connectivity index (χ3n) is 7.61. The molecular formula is C33H34FN3O3S. The normalized spacial score (nSPS) is 14.8. The van der Waals surface area contributed by atoms with Crippen LogP contribution >= 0.6 is 0 Å². The maximum absolute atomic E-state index is 15.4. The van der Waals surface area contributed by atoms with Gasteiger partial charge in [0.1, 0.15) is 5.82 Å². The molecule has 0 aliphatic carbocycles. The molecule has 1 aliphatic heterocycles. The molecule has 2 N–H and O–H groups in total. The van der Waals surface area contributed by atoms with E-state index in [0.29, 0.717) is 30.9 Å². The molecular weight excluding hydrogens is 537 g/mol. The van der Waals surface area contributed by atoms with Crippen molar-refractivity contribution in [3.05, 3.63) is 115 Å². The smallest absolute Gasteiger partial charge is 0.262 e. The number of likely N-dealkylation sites (N-methyl/N-ethyl adjacent to an activating group) is 1. The van der Waals surface area contributed by atoms with Gasteiger partial charge in [0.25, 0.3) is 10.0 Å². The summed E-state index contributed by atoms with van der Waals surface area (Å²) in [6, 6.07) is 30.3. The molecule has 0 bridgehead atoms. The van der Waals surface area contributed by atoms with E-state index in [0.717, 1.165) is 24.0 Å². The zero-order valence-electron chi connectivity index (χ0n) is 23.0. The monoisotopic (exact) mass is 571 g/mol. The highest BCUT2D eigenvalue weighted by atomic mass is 32.2. The van der Waals surface area contributed by atoms with Crippen molar-refractivity contribution in [3.8, 4) is 11.1 Å². The minimum absolute atomic E-state index is 0.0220. The molecule has 1 saturated heterocycles. The van der Waals surface area contributed by atoms with Gasteiger partial charge in [0.15, 0.2) is 0 Å². The van der Waals surface area contributed by atoms with Crippen molar-refractivity contribution in [3.63, 3.8) is 0 Å². The number of carbonyl (C=O) groups excluding carboxylic acids is 1. The van der Waals surface area contributed by atoms with Crippen LogP contribution in [0.25, 0.3) is 11.1 Å². The lowest BCUT2D eigenvalue weighted by Crippen LogP contribution is -2.40. The predicted molar refractivity (Wildman–Crippen MR) is 162 cm³/mol. The van der Waals surface area contributed by atoms with Crippen molar-refractivity contribution in [2.75, 3.05) is 29.3 Å². The quantitative estimate of drug-likeness (QED) is 0.243. The number of hydrogen-bond donors (Lipinski definition) is 2. The Hall–Kier alpha value is -4.17. The zero-order chi connectivity index (χ0) is 28.8. The van der Waals surface area contributed by atoms with Gasteiger partial charge in [-0.3, -0.25) is 9.52 Å². The topological polar surface area (TPSA) is 78.5 Å². The van der Waals surface area contributed by atoms with E-state index in [4.69, 9.17) is 0 Å². The number of nitrogens with one attached hydrogen (secondary N) is 2. The first kappa shape index (κ1) is 28.4. The molecule has 1 unspecified atom stereocenters. The van der Waals surface area contributed by atoms with Crippen molar-refractivity contribution in [1.82, 2.24) is 5.32 Å². The first-order valence-electron chi connectivity index (χ1n) is 13.9. The summed E-state index contributed by atoms with van der Waals surface area (Å²) in [5.74, 6) is -0.588. The highest BCUT2D eigenvalue weighted by Gasteiger charge is 2.33. The standard InChI is InChI=1S/C33H34FN3O3S/c1-2-35-33(38)32(25-13-7-4-8-14-25)26-19-21-37(22-20-26)30-18-17-27(23-29(30)34)36-41(39,40)31-16-10-9-15-28(31)24-11-5-3-6-12-24/h3-18,23,26,32,36H,2,19-22H2,1H3,(H,35,38). The van der Waals surface area contributed by atoms with Gasteiger partial charge >= 0.3 is 0 Å². The van der Waals surface area contributed by atoms with Crippen LogP contribution in [0, 0.1) is 11.7 Å². The molecule has 8 heteroatoms. The summed E-state index contributed by atoms with van der Waals surface area (Å²) < 4.78 is 44.6. The third kappa shape index (κ3) is 6.43. The Morgan fingerprint density at radius 1 is 0.902 bits per heavy atom.